The minimum absolute atomic E-state index is 0.299. The standard InChI is InChI=1S/C25H26N4O3S/c1-33(30,31)29-13-11-19(12-14-29)21-15-23-25(26-16-21)28-24(27-23)20-7-9-22(10-8-20)32-17-18-5-3-2-4-6-18/h2-10,15-16,19H,11-14,17H2,1H3,(H,26,27,28). The van der Waals surface area contributed by atoms with E-state index in [0.29, 0.717) is 31.3 Å². The van der Waals surface area contributed by atoms with Crippen LogP contribution in [0, 0.1) is 0 Å². The Morgan fingerprint density at radius 3 is 2.48 bits per heavy atom. The minimum atomic E-state index is -3.12. The number of nitrogens with zero attached hydrogens (tertiary/aromatic N) is 3. The van der Waals surface area contributed by atoms with Crippen molar-refractivity contribution in [3.63, 3.8) is 0 Å². The first kappa shape index (κ1) is 21.6. The van der Waals surface area contributed by atoms with Crippen LogP contribution in [-0.4, -0.2) is 47.0 Å². The van der Waals surface area contributed by atoms with Crippen LogP contribution in [0.1, 0.15) is 29.9 Å². The Morgan fingerprint density at radius 1 is 1.06 bits per heavy atom. The number of sulfonamides is 1. The van der Waals surface area contributed by atoms with E-state index in [1.54, 1.807) is 4.31 Å². The molecule has 0 amide bonds. The van der Waals surface area contributed by atoms with Crippen molar-refractivity contribution >= 4 is 21.2 Å². The second-order valence-corrected chi connectivity index (χ2v) is 10.4. The highest BCUT2D eigenvalue weighted by Crippen LogP contribution is 2.30. The van der Waals surface area contributed by atoms with Gasteiger partial charge in [-0.15, -0.1) is 0 Å². The van der Waals surface area contributed by atoms with Crippen molar-refractivity contribution in [2.45, 2.75) is 25.4 Å². The van der Waals surface area contributed by atoms with Crippen LogP contribution in [0.2, 0.25) is 0 Å². The van der Waals surface area contributed by atoms with Gasteiger partial charge in [0.05, 0.1) is 11.8 Å². The smallest absolute Gasteiger partial charge is 0.211 e. The van der Waals surface area contributed by atoms with Crippen LogP contribution in [0.15, 0.2) is 66.9 Å². The van der Waals surface area contributed by atoms with Crippen LogP contribution in [0.5, 0.6) is 5.75 Å². The van der Waals surface area contributed by atoms with Crippen LogP contribution < -0.4 is 4.74 Å². The Morgan fingerprint density at radius 2 is 1.79 bits per heavy atom. The maximum Gasteiger partial charge on any atom is 0.211 e. The van der Waals surface area contributed by atoms with E-state index in [1.807, 2.05) is 60.8 Å². The maximum absolute atomic E-state index is 11.8. The second-order valence-electron chi connectivity index (χ2n) is 8.46. The van der Waals surface area contributed by atoms with Gasteiger partial charge in [0.1, 0.15) is 18.2 Å². The summed E-state index contributed by atoms with van der Waals surface area (Å²) in [5.41, 5.74) is 4.77. The molecule has 7 nitrogen and oxygen atoms in total. The maximum atomic E-state index is 11.8. The van der Waals surface area contributed by atoms with Gasteiger partial charge in [0, 0.05) is 24.8 Å². The molecule has 1 N–H and O–H groups in total. The summed E-state index contributed by atoms with van der Waals surface area (Å²) in [5.74, 6) is 1.86. The quantitative estimate of drug-likeness (QED) is 0.460. The third-order valence-corrected chi connectivity index (χ3v) is 7.43. The number of imidazole rings is 1. The van der Waals surface area contributed by atoms with Gasteiger partial charge in [-0.05, 0) is 60.2 Å². The molecule has 3 heterocycles. The lowest BCUT2D eigenvalue weighted by Crippen LogP contribution is -2.37. The lowest BCUT2D eigenvalue weighted by molar-refractivity contribution is 0.306. The predicted octanol–water partition coefficient (Wildman–Crippen LogP) is 4.34. The highest BCUT2D eigenvalue weighted by molar-refractivity contribution is 7.88. The number of H-pyrrole nitrogens is 1. The molecule has 0 bridgehead atoms. The highest BCUT2D eigenvalue weighted by atomic mass is 32.2. The summed E-state index contributed by atoms with van der Waals surface area (Å²) in [6, 6.07) is 20.0. The SMILES string of the molecule is CS(=O)(=O)N1CCC(c2cnc3nc(-c4ccc(OCc5ccccc5)cc4)[nH]c3c2)CC1. The van der Waals surface area contributed by atoms with Gasteiger partial charge in [0.15, 0.2) is 5.65 Å². The molecule has 2 aromatic heterocycles. The van der Waals surface area contributed by atoms with E-state index in [2.05, 4.69) is 21.0 Å². The fourth-order valence-corrected chi connectivity index (χ4v) is 5.12. The summed E-state index contributed by atoms with van der Waals surface area (Å²) in [6.07, 6.45) is 4.74. The molecule has 4 aromatic rings. The van der Waals surface area contributed by atoms with Crippen LogP contribution in [0.3, 0.4) is 0 Å². The van der Waals surface area contributed by atoms with Crippen LogP contribution >= 0.6 is 0 Å². The topological polar surface area (TPSA) is 88.2 Å². The zero-order valence-electron chi connectivity index (χ0n) is 18.4. The number of pyridine rings is 1. The van der Waals surface area contributed by atoms with Crippen molar-refractivity contribution in [1.82, 2.24) is 19.3 Å². The van der Waals surface area contributed by atoms with E-state index in [9.17, 15) is 8.42 Å². The lowest BCUT2D eigenvalue weighted by Gasteiger charge is -2.30. The van der Waals surface area contributed by atoms with Crippen molar-refractivity contribution in [1.29, 1.82) is 0 Å². The predicted molar refractivity (Wildman–Crippen MR) is 128 cm³/mol. The van der Waals surface area contributed by atoms with Crippen molar-refractivity contribution < 1.29 is 13.2 Å². The molecule has 1 aliphatic rings. The third kappa shape index (κ3) is 4.91. The number of nitrogens with one attached hydrogen (secondary N) is 1. The van der Waals surface area contributed by atoms with E-state index < -0.39 is 10.0 Å². The molecular formula is C25H26N4O3S. The molecule has 170 valence electrons. The fourth-order valence-electron chi connectivity index (χ4n) is 4.25. The summed E-state index contributed by atoms with van der Waals surface area (Å²) < 4.78 is 30.9. The summed E-state index contributed by atoms with van der Waals surface area (Å²) in [6.45, 7) is 1.63. The number of ether oxygens (including phenoxy) is 1. The molecule has 0 radical (unpaired) electrons. The summed E-state index contributed by atoms with van der Waals surface area (Å²) in [4.78, 5) is 12.6. The zero-order chi connectivity index (χ0) is 22.8. The first-order chi connectivity index (χ1) is 16.0. The van der Waals surface area contributed by atoms with Gasteiger partial charge in [-0.25, -0.2) is 22.7 Å². The molecule has 0 atom stereocenters. The average Bonchev–Trinajstić information content (AvgIpc) is 3.27. The fraction of sp³-hybridized carbons (Fsp3) is 0.280. The highest BCUT2D eigenvalue weighted by Gasteiger charge is 2.26. The van der Waals surface area contributed by atoms with Gasteiger partial charge < -0.3 is 9.72 Å². The molecule has 0 saturated carbocycles. The molecule has 0 aliphatic carbocycles. The van der Waals surface area contributed by atoms with Gasteiger partial charge in [-0.1, -0.05) is 30.3 Å². The molecule has 33 heavy (non-hydrogen) atoms. The molecule has 0 unspecified atom stereocenters. The molecule has 2 aromatic carbocycles. The van der Waals surface area contributed by atoms with Crippen LogP contribution in [0.25, 0.3) is 22.6 Å². The lowest BCUT2D eigenvalue weighted by atomic mass is 9.91. The minimum Gasteiger partial charge on any atom is -0.489 e. The number of hydrogen-bond acceptors (Lipinski definition) is 5. The number of aromatic amines is 1. The molecule has 5 rings (SSSR count). The second kappa shape index (κ2) is 8.96. The molecule has 1 aliphatic heterocycles. The molecule has 1 fully saturated rings. The molecule has 8 heteroatoms. The van der Waals surface area contributed by atoms with Crippen molar-refractivity contribution in [2.24, 2.45) is 0 Å². The van der Waals surface area contributed by atoms with Crippen molar-refractivity contribution in [3.05, 3.63) is 78.0 Å². The normalized spacial score (nSPS) is 15.7. The Kier molecular flexibility index (Phi) is 5.86. The van der Waals surface area contributed by atoms with E-state index in [1.165, 1.54) is 6.26 Å². The van der Waals surface area contributed by atoms with Gasteiger partial charge >= 0.3 is 0 Å². The Bertz CT molecular complexity index is 1340. The van der Waals surface area contributed by atoms with Gasteiger partial charge in [-0.3, -0.25) is 0 Å². The average molecular weight is 463 g/mol. The number of aromatic nitrogens is 3. The summed E-state index contributed by atoms with van der Waals surface area (Å²) in [7, 11) is -3.12. The molecule has 1 saturated heterocycles. The van der Waals surface area contributed by atoms with Crippen molar-refractivity contribution in [3.8, 4) is 17.1 Å². The summed E-state index contributed by atoms with van der Waals surface area (Å²) in [5, 5.41) is 0. The van der Waals surface area contributed by atoms with E-state index in [-0.39, 0.29) is 0 Å². The Balaban J connectivity index is 1.28. The first-order valence-electron chi connectivity index (χ1n) is 11.0. The molecular weight excluding hydrogens is 436 g/mol. The van der Waals surface area contributed by atoms with Gasteiger partial charge in [0.25, 0.3) is 0 Å². The molecule has 0 spiro atoms. The van der Waals surface area contributed by atoms with Gasteiger partial charge in [0.2, 0.25) is 10.0 Å². The number of piperidine rings is 1. The summed E-state index contributed by atoms with van der Waals surface area (Å²) >= 11 is 0. The third-order valence-electron chi connectivity index (χ3n) is 6.13. The number of rotatable bonds is 6. The largest absolute Gasteiger partial charge is 0.489 e. The Hall–Kier alpha value is -3.23. The van der Waals surface area contributed by atoms with E-state index in [0.717, 1.165) is 46.6 Å². The Labute approximate surface area is 193 Å². The number of hydrogen-bond donors (Lipinski definition) is 1. The number of benzene rings is 2. The first-order valence-corrected chi connectivity index (χ1v) is 12.9. The van der Waals surface area contributed by atoms with E-state index >= 15 is 0 Å². The van der Waals surface area contributed by atoms with Crippen LogP contribution in [0.4, 0.5) is 0 Å². The monoisotopic (exact) mass is 462 g/mol. The van der Waals surface area contributed by atoms with E-state index in [4.69, 9.17) is 4.74 Å². The number of fused-ring (bicyclic) bond motifs is 1. The van der Waals surface area contributed by atoms with Gasteiger partial charge in [-0.2, -0.15) is 0 Å². The zero-order valence-corrected chi connectivity index (χ0v) is 19.3. The van der Waals surface area contributed by atoms with Crippen molar-refractivity contribution in [2.75, 3.05) is 19.3 Å². The van der Waals surface area contributed by atoms with Crippen LogP contribution in [-0.2, 0) is 16.6 Å².